The van der Waals surface area contributed by atoms with E-state index >= 15 is 0 Å². The Morgan fingerprint density at radius 2 is 1.96 bits per heavy atom. The standard InChI is InChI=1S/C18H21FN2O3/c1-6-24-18(23)15-12(4)21(5)17(22)11(3)16(15)20-14-8-7-10(2)9-13(14)19/h7-9,20H,6H2,1-5H3. The number of benzene rings is 1. The van der Waals surface area contributed by atoms with Gasteiger partial charge < -0.3 is 14.6 Å². The molecule has 0 atom stereocenters. The highest BCUT2D eigenvalue weighted by Crippen LogP contribution is 2.28. The topological polar surface area (TPSA) is 60.3 Å². The van der Waals surface area contributed by atoms with Crippen LogP contribution < -0.4 is 10.9 Å². The minimum atomic E-state index is -0.552. The molecular formula is C18H21FN2O3. The number of halogens is 1. The van der Waals surface area contributed by atoms with Gasteiger partial charge in [-0.15, -0.1) is 0 Å². The summed E-state index contributed by atoms with van der Waals surface area (Å²) in [6.07, 6.45) is 0. The van der Waals surface area contributed by atoms with Crippen molar-refractivity contribution in [3.05, 3.63) is 56.8 Å². The lowest BCUT2D eigenvalue weighted by Crippen LogP contribution is -2.27. The average molecular weight is 332 g/mol. The molecule has 128 valence electrons. The van der Waals surface area contributed by atoms with E-state index in [2.05, 4.69) is 5.32 Å². The summed E-state index contributed by atoms with van der Waals surface area (Å²) < 4.78 is 20.7. The van der Waals surface area contributed by atoms with Crippen LogP contribution in [0.15, 0.2) is 23.0 Å². The Hall–Kier alpha value is -2.63. The van der Waals surface area contributed by atoms with Gasteiger partial charge in [0.2, 0.25) is 0 Å². The van der Waals surface area contributed by atoms with Crippen LogP contribution in [0, 0.1) is 26.6 Å². The average Bonchev–Trinajstić information content (AvgIpc) is 2.53. The molecule has 1 N–H and O–H groups in total. The summed E-state index contributed by atoms with van der Waals surface area (Å²) in [4.78, 5) is 24.7. The number of pyridine rings is 1. The lowest BCUT2D eigenvalue weighted by atomic mass is 10.1. The molecule has 1 aromatic heterocycles. The zero-order valence-corrected chi connectivity index (χ0v) is 14.5. The van der Waals surface area contributed by atoms with Gasteiger partial charge in [0.1, 0.15) is 11.4 Å². The molecule has 0 fully saturated rings. The summed E-state index contributed by atoms with van der Waals surface area (Å²) in [7, 11) is 1.59. The number of nitrogens with zero attached hydrogens (tertiary/aromatic N) is 1. The van der Waals surface area contributed by atoms with Gasteiger partial charge in [0.05, 0.1) is 18.0 Å². The van der Waals surface area contributed by atoms with Crippen molar-refractivity contribution in [3.63, 3.8) is 0 Å². The number of carbonyl (C=O) groups is 1. The summed E-state index contributed by atoms with van der Waals surface area (Å²) >= 11 is 0. The molecule has 0 aliphatic rings. The minimum absolute atomic E-state index is 0.196. The molecule has 2 aromatic rings. The van der Waals surface area contributed by atoms with Crippen LogP contribution in [-0.2, 0) is 11.8 Å². The predicted octanol–water partition coefficient (Wildman–Crippen LogP) is 3.37. The Morgan fingerprint density at radius 3 is 2.54 bits per heavy atom. The fourth-order valence-electron chi connectivity index (χ4n) is 2.51. The van der Waals surface area contributed by atoms with Gasteiger partial charge in [0.25, 0.3) is 5.56 Å². The van der Waals surface area contributed by atoms with Crippen molar-refractivity contribution in [1.82, 2.24) is 4.57 Å². The Labute approximate surface area is 140 Å². The third kappa shape index (κ3) is 3.18. The number of hydrogen-bond acceptors (Lipinski definition) is 4. The molecule has 0 saturated heterocycles. The number of anilines is 2. The first kappa shape index (κ1) is 17.7. The van der Waals surface area contributed by atoms with Gasteiger partial charge in [0, 0.05) is 18.3 Å². The second-order valence-electron chi connectivity index (χ2n) is 5.65. The minimum Gasteiger partial charge on any atom is -0.462 e. The van der Waals surface area contributed by atoms with Crippen LogP contribution in [0.5, 0.6) is 0 Å². The number of aryl methyl sites for hydroxylation is 1. The summed E-state index contributed by atoms with van der Waals surface area (Å²) in [5.74, 6) is -1.01. The van der Waals surface area contributed by atoms with E-state index in [0.717, 1.165) is 5.56 Å². The molecule has 1 aromatic carbocycles. The van der Waals surface area contributed by atoms with Crippen molar-refractivity contribution in [2.75, 3.05) is 11.9 Å². The molecule has 6 heteroatoms. The molecule has 0 radical (unpaired) electrons. The molecule has 5 nitrogen and oxygen atoms in total. The molecule has 2 rings (SSSR count). The van der Waals surface area contributed by atoms with E-state index in [1.165, 1.54) is 10.6 Å². The lowest BCUT2D eigenvalue weighted by molar-refractivity contribution is 0.0525. The monoisotopic (exact) mass is 332 g/mol. The van der Waals surface area contributed by atoms with Crippen molar-refractivity contribution in [2.45, 2.75) is 27.7 Å². The van der Waals surface area contributed by atoms with Gasteiger partial charge in [-0.3, -0.25) is 4.79 Å². The molecule has 1 heterocycles. The molecule has 0 aliphatic carbocycles. The molecule has 0 spiro atoms. The fourth-order valence-corrected chi connectivity index (χ4v) is 2.51. The maximum Gasteiger partial charge on any atom is 0.342 e. The summed E-state index contributed by atoms with van der Waals surface area (Å²) in [5.41, 5.74) is 2.01. The second kappa shape index (κ2) is 6.86. The number of carbonyl (C=O) groups excluding carboxylic acids is 1. The lowest BCUT2D eigenvalue weighted by Gasteiger charge is -2.19. The smallest absolute Gasteiger partial charge is 0.342 e. The molecule has 0 bridgehead atoms. The Bertz CT molecular complexity index is 856. The second-order valence-corrected chi connectivity index (χ2v) is 5.65. The Balaban J connectivity index is 2.67. The van der Waals surface area contributed by atoms with E-state index < -0.39 is 11.8 Å². The number of hydrogen-bond donors (Lipinski definition) is 1. The zero-order valence-electron chi connectivity index (χ0n) is 14.5. The fraction of sp³-hybridized carbons (Fsp3) is 0.333. The van der Waals surface area contributed by atoms with Crippen LogP contribution in [0.4, 0.5) is 15.8 Å². The van der Waals surface area contributed by atoms with Gasteiger partial charge in [-0.05, 0) is 45.4 Å². The Kier molecular flexibility index (Phi) is 5.07. The number of nitrogens with one attached hydrogen (secondary N) is 1. The van der Waals surface area contributed by atoms with Crippen LogP contribution in [0.25, 0.3) is 0 Å². The summed E-state index contributed by atoms with van der Waals surface area (Å²) in [6, 6.07) is 4.71. The Morgan fingerprint density at radius 1 is 1.29 bits per heavy atom. The summed E-state index contributed by atoms with van der Waals surface area (Å²) in [6.45, 7) is 6.95. The van der Waals surface area contributed by atoms with E-state index in [1.54, 1.807) is 46.9 Å². The van der Waals surface area contributed by atoms with Gasteiger partial charge in [0.15, 0.2) is 0 Å². The van der Waals surface area contributed by atoms with Gasteiger partial charge in [-0.1, -0.05) is 6.07 Å². The largest absolute Gasteiger partial charge is 0.462 e. The van der Waals surface area contributed by atoms with Gasteiger partial charge in [-0.2, -0.15) is 0 Å². The van der Waals surface area contributed by atoms with Crippen molar-refractivity contribution < 1.29 is 13.9 Å². The third-order valence-corrected chi connectivity index (χ3v) is 3.98. The molecule has 0 saturated carbocycles. The zero-order chi connectivity index (χ0) is 18.0. The SMILES string of the molecule is CCOC(=O)c1c(Nc2ccc(C)cc2F)c(C)c(=O)n(C)c1C. The van der Waals surface area contributed by atoms with Crippen LogP contribution in [0.2, 0.25) is 0 Å². The summed E-state index contributed by atoms with van der Waals surface area (Å²) in [5, 5.41) is 2.90. The highest BCUT2D eigenvalue weighted by Gasteiger charge is 2.23. The van der Waals surface area contributed by atoms with E-state index in [-0.39, 0.29) is 29.1 Å². The highest BCUT2D eigenvalue weighted by atomic mass is 19.1. The van der Waals surface area contributed by atoms with E-state index in [4.69, 9.17) is 4.74 Å². The van der Waals surface area contributed by atoms with Gasteiger partial charge in [-0.25, -0.2) is 9.18 Å². The first-order valence-corrected chi connectivity index (χ1v) is 7.68. The van der Waals surface area contributed by atoms with Crippen molar-refractivity contribution >= 4 is 17.3 Å². The number of ether oxygens (including phenoxy) is 1. The normalized spacial score (nSPS) is 10.6. The highest BCUT2D eigenvalue weighted by molar-refractivity contribution is 5.98. The molecule has 0 amide bonds. The number of rotatable bonds is 4. The molecular weight excluding hydrogens is 311 g/mol. The third-order valence-electron chi connectivity index (χ3n) is 3.98. The van der Waals surface area contributed by atoms with Crippen LogP contribution >= 0.6 is 0 Å². The van der Waals surface area contributed by atoms with Crippen LogP contribution in [0.1, 0.15) is 34.1 Å². The maximum atomic E-state index is 14.2. The van der Waals surface area contributed by atoms with Crippen LogP contribution in [-0.4, -0.2) is 17.1 Å². The van der Waals surface area contributed by atoms with Gasteiger partial charge >= 0.3 is 5.97 Å². The van der Waals surface area contributed by atoms with Crippen molar-refractivity contribution in [1.29, 1.82) is 0 Å². The predicted molar refractivity (Wildman–Crippen MR) is 91.5 cm³/mol. The molecule has 24 heavy (non-hydrogen) atoms. The molecule has 0 aliphatic heterocycles. The quantitative estimate of drug-likeness (QED) is 0.872. The van der Waals surface area contributed by atoms with E-state index in [0.29, 0.717) is 11.3 Å². The number of aromatic nitrogens is 1. The van der Waals surface area contributed by atoms with Crippen LogP contribution in [0.3, 0.4) is 0 Å². The molecule has 0 unspecified atom stereocenters. The maximum absolute atomic E-state index is 14.2. The van der Waals surface area contributed by atoms with E-state index in [1.807, 2.05) is 0 Å². The van der Waals surface area contributed by atoms with Crippen molar-refractivity contribution in [3.8, 4) is 0 Å². The first-order chi connectivity index (χ1) is 11.3. The van der Waals surface area contributed by atoms with Crippen molar-refractivity contribution in [2.24, 2.45) is 7.05 Å². The van der Waals surface area contributed by atoms with E-state index in [9.17, 15) is 14.0 Å². The first-order valence-electron chi connectivity index (χ1n) is 7.68. The number of esters is 1.